The van der Waals surface area contributed by atoms with Gasteiger partial charge in [0.15, 0.2) is 6.61 Å². The molecule has 10 heteroatoms. The summed E-state index contributed by atoms with van der Waals surface area (Å²) in [4.78, 5) is 52.1. The highest BCUT2D eigenvalue weighted by Gasteiger charge is 2.66. The van der Waals surface area contributed by atoms with Crippen molar-refractivity contribution in [2.45, 2.75) is 17.2 Å². The van der Waals surface area contributed by atoms with Crippen LogP contribution in [0.25, 0.3) is 0 Å². The van der Waals surface area contributed by atoms with Crippen molar-refractivity contribution in [3.63, 3.8) is 0 Å². The highest BCUT2D eigenvalue weighted by atomic mass is 35.5. The summed E-state index contributed by atoms with van der Waals surface area (Å²) in [6, 6.07) is 12.6. The number of rotatable bonds is 5. The van der Waals surface area contributed by atoms with Crippen molar-refractivity contribution in [3.8, 4) is 0 Å². The van der Waals surface area contributed by atoms with Crippen LogP contribution in [0.5, 0.6) is 0 Å². The van der Waals surface area contributed by atoms with E-state index in [2.05, 4.69) is 5.32 Å². The normalized spacial score (nSPS) is 29.3. The minimum absolute atomic E-state index is 0.110. The monoisotopic (exact) mass is 520 g/mol. The van der Waals surface area contributed by atoms with E-state index in [1.54, 1.807) is 36.4 Å². The first kappa shape index (κ1) is 23.1. The second kappa shape index (κ2) is 8.87. The van der Waals surface area contributed by atoms with Gasteiger partial charge in [-0.2, -0.15) is 0 Å². The van der Waals surface area contributed by atoms with Crippen molar-refractivity contribution in [2.75, 3.05) is 16.8 Å². The summed E-state index contributed by atoms with van der Waals surface area (Å²) in [6.07, 6.45) is 0.673. The summed E-state index contributed by atoms with van der Waals surface area (Å²) < 4.78 is 5.10. The van der Waals surface area contributed by atoms with Crippen molar-refractivity contribution >= 4 is 69.9 Å². The van der Waals surface area contributed by atoms with E-state index in [0.29, 0.717) is 17.1 Å². The van der Waals surface area contributed by atoms with E-state index in [1.807, 2.05) is 0 Å². The van der Waals surface area contributed by atoms with Gasteiger partial charge in [0, 0.05) is 10.7 Å². The molecule has 2 aromatic rings. The average molecular weight is 522 g/mol. The molecule has 1 N–H and O–H groups in total. The number of alkyl halides is 2. The molecule has 176 valence electrons. The first-order valence-corrected chi connectivity index (χ1v) is 12.0. The molecule has 3 fully saturated rings. The minimum Gasteiger partial charge on any atom is -0.452 e. The number of amides is 3. The fourth-order valence-electron chi connectivity index (χ4n) is 5.35. The van der Waals surface area contributed by atoms with Crippen LogP contribution in [0.4, 0.5) is 11.4 Å². The predicted molar refractivity (Wildman–Crippen MR) is 127 cm³/mol. The highest BCUT2D eigenvalue weighted by Crippen LogP contribution is 2.59. The summed E-state index contributed by atoms with van der Waals surface area (Å²) in [5.74, 6) is -3.17. The quantitative estimate of drug-likeness (QED) is 0.363. The summed E-state index contributed by atoms with van der Waals surface area (Å²) in [5, 5.41) is 2.35. The number of fused-ring (bicyclic) bond motifs is 5. The number of hydrogen-bond acceptors (Lipinski definition) is 5. The topological polar surface area (TPSA) is 92.8 Å². The van der Waals surface area contributed by atoms with Crippen molar-refractivity contribution in [1.82, 2.24) is 0 Å². The van der Waals surface area contributed by atoms with Crippen LogP contribution in [0, 0.1) is 23.7 Å². The van der Waals surface area contributed by atoms with Crippen LogP contribution >= 0.6 is 34.8 Å². The summed E-state index contributed by atoms with van der Waals surface area (Å²) >= 11 is 18.7. The fraction of sp³-hybridized carbons (Fsp3) is 0.333. The van der Waals surface area contributed by atoms with Crippen LogP contribution in [-0.2, 0) is 19.1 Å². The van der Waals surface area contributed by atoms with Crippen LogP contribution in [-0.4, -0.2) is 41.1 Å². The lowest BCUT2D eigenvalue weighted by Crippen LogP contribution is -2.37. The maximum atomic E-state index is 13.2. The van der Waals surface area contributed by atoms with Crippen LogP contribution in [0.15, 0.2) is 48.5 Å². The first-order chi connectivity index (χ1) is 16.3. The predicted octanol–water partition coefficient (Wildman–Crippen LogP) is 4.11. The molecule has 1 aliphatic heterocycles. The third-order valence-electron chi connectivity index (χ3n) is 6.77. The van der Waals surface area contributed by atoms with Crippen LogP contribution < -0.4 is 10.2 Å². The Morgan fingerprint density at radius 3 is 2.26 bits per heavy atom. The van der Waals surface area contributed by atoms with Crippen molar-refractivity contribution in [1.29, 1.82) is 0 Å². The molecule has 2 aromatic carbocycles. The standard InChI is InChI=1S/C24H19Cl3N2O5/c25-12-4-2-5-13(8-12)28-17(30)10-34-24(33)11-3-1-6-14(7-11)29-22(31)18-15-9-16(19(18)23(29)32)21(27)20(15)26/h1-8,15-16,18-21H,9-10H2,(H,28,30)/t15-,16-,18-,19+,20-,21+/m1/s1. The second-order valence-corrected chi connectivity index (χ2v) is 10.1. The molecule has 0 spiro atoms. The van der Waals surface area contributed by atoms with Gasteiger partial charge in [0.05, 0.1) is 33.8 Å². The molecule has 0 aromatic heterocycles. The number of imide groups is 1. The Hall–Kier alpha value is -2.61. The summed E-state index contributed by atoms with van der Waals surface area (Å²) in [5.41, 5.74) is 0.859. The molecule has 1 saturated heterocycles. The van der Waals surface area contributed by atoms with E-state index in [9.17, 15) is 19.2 Å². The Labute approximate surface area is 210 Å². The number of nitrogens with zero attached hydrogens (tertiary/aromatic N) is 1. The van der Waals surface area contributed by atoms with E-state index in [0.717, 1.165) is 4.90 Å². The minimum atomic E-state index is -0.760. The van der Waals surface area contributed by atoms with E-state index in [1.165, 1.54) is 12.1 Å². The van der Waals surface area contributed by atoms with Gasteiger partial charge >= 0.3 is 5.97 Å². The maximum absolute atomic E-state index is 13.2. The molecular weight excluding hydrogens is 503 g/mol. The molecule has 34 heavy (non-hydrogen) atoms. The Morgan fingerprint density at radius 2 is 1.62 bits per heavy atom. The third kappa shape index (κ3) is 3.85. The van der Waals surface area contributed by atoms with Crippen LogP contribution in [0.3, 0.4) is 0 Å². The number of ether oxygens (including phenoxy) is 1. The maximum Gasteiger partial charge on any atom is 0.338 e. The largest absolute Gasteiger partial charge is 0.452 e. The van der Waals surface area contributed by atoms with Gasteiger partial charge in [0.2, 0.25) is 11.8 Å². The lowest BCUT2D eigenvalue weighted by atomic mass is 9.80. The zero-order valence-electron chi connectivity index (χ0n) is 17.6. The third-order valence-corrected chi connectivity index (χ3v) is 8.32. The SMILES string of the molecule is O=C(COC(=O)c1cccc(N2C(=O)[C@@H]3[C@H]4C[C@@H]([C@H](Cl)[C@@H]4Cl)[C@@H]3C2=O)c1)Nc1cccc(Cl)c1. The number of hydrogen-bond donors (Lipinski definition) is 1. The Bertz CT molecular complexity index is 1170. The zero-order chi connectivity index (χ0) is 24.1. The highest BCUT2D eigenvalue weighted by molar-refractivity contribution is 6.32. The number of anilines is 2. The van der Waals surface area contributed by atoms with Gasteiger partial charge in [-0.3, -0.25) is 19.3 Å². The van der Waals surface area contributed by atoms with Gasteiger partial charge in [-0.05, 0) is 54.7 Å². The molecule has 3 amide bonds. The van der Waals surface area contributed by atoms with Gasteiger partial charge in [0.1, 0.15) is 0 Å². The van der Waals surface area contributed by atoms with E-state index in [-0.39, 0.29) is 45.7 Å². The molecule has 5 rings (SSSR count). The average Bonchev–Trinajstić information content (AvgIpc) is 3.42. The Balaban J connectivity index is 1.27. The van der Waals surface area contributed by atoms with Gasteiger partial charge in [-0.25, -0.2) is 4.79 Å². The zero-order valence-corrected chi connectivity index (χ0v) is 19.9. The number of carbonyl (C=O) groups is 4. The van der Waals surface area contributed by atoms with Crippen LogP contribution in [0.1, 0.15) is 16.8 Å². The number of carbonyl (C=O) groups excluding carboxylic acids is 4. The molecule has 1 heterocycles. The number of nitrogens with one attached hydrogen (secondary N) is 1. The van der Waals surface area contributed by atoms with Gasteiger partial charge < -0.3 is 10.1 Å². The number of halogens is 3. The molecule has 6 atom stereocenters. The smallest absolute Gasteiger partial charge is 0.338 e. The van der Waals surface area contributed by atoms with E-state index < -0.39 is 30.3 Å². The lowest BCUT2D eigenvalue weighted by molar-refractivity contribution is -0.123. The number of benzene rings is 2. The summed E-state index contributed by atoms with van der Waals surface area (Å²) in [6.45, 7) is -0.515. The summed E-state index contributed by atoms with van der Waals surface area (Å²) in [7, 11) is 0. The molecule has 3 aliphatic rings. The molecule has 7 nitrogen and oxygen atoms in total. The molecule has 2 aliphatic carbocycles. The molecule has 2 bridgehead atoms. The van der Waals surface area contributed by atoms with E-state index in [4.69, 9.17) is 39.5 Å². The lowest BCUT2D eigenvalue weighted by Gasteiger charge is -2.28. The first-order valence-electron chi connectivity index (χ1n) is 10.7. The van der Waals surface area contributed by atoms with Gasteiger partial charge in [0.25, 0.3) is 5.91 Å². The molecular formula is C24H19Cl3N2O5. The van der Waals surface area contributed by atoms with E-state index >= 15 is 0 Å². The Kier molecular flexibility index (Phi) is 6.04. The number of esters is 1. The van der Waals surface area contributed by atoms with Gasteiger partial charge in [-0.15, -0.1) is 23.2 Å². The second-order valence-electron chi connectivity index (χ2n) is 8.70. The van der Waals surface area contributed by atoms with Crippen molar-refractivity contribution in [2.24, 2.45) is 23.7 Å². The fourth-order valence-corrected chi connectivity index (χ4v) is 6.44. The molecule has 0 unspecified atom stereocenters. The molecule has 2 saturated carbocycles. The van der Waals surface area contributed by atoms with Crippen LogP contribution in [0.2, 0.25) is 5.02 Å². The molecule has 0 radical (unpaired) electrons. The van der Waals surface area contributed by atoms with Gasteiger partial charge in [-0.1, -0.05) is 23.7 Å². The Morgan fingerprint density at radius 1 is 0.971 bits per heavy atom. The van der Waals surface area contributed by atoms with Crippen molar-refractivity contribution in [3.05, 3.63) is 59.1 Å². The van der Waals surface area contributed by atoms with Crippen molar-refractivity contribution < 1.29 is 23.9 Å².